The fourth-order valence-electron chi connectivity index (χ4n) is 3.20. The van der Waals surface area contributed by atoms with E-state index in [0.717, 1.165) is 22.6 Å². The zero-order valence-corrected chi connectivity index (χ0v) is 15.6. The molecule has 6 nitrogen and oxygen atoms in total. The van der Waals surface area contributed by atoms with E-state index in [9.17, 15) is 4.79 Å². The number of hydrogen-bond acceptors (Lipinski definition) is 3. The van der Waals surface area contributed by atoms with Gasteiger partial charge in [-0.05, 0) is 42.3 Å². The highest BCUT2D eigenvalue weighted by molar-refractivity contribution is 5.94. The Hall–Kier alpha value is -3.67. The van der Waals surface area contributed by atoms with E-state index >= 15 is 0 Å². The zero-order chi connectivity index (χ0) is 19.3. The number of nitrogens with zero attached hydrogens (tertiary/aromatic N) is 4. The Morgan fingerprint density at radius 3 is 2.71 bits per heavy atom. The highest BCUT2D eigenvalue weighted by atomic mass is 16.1. The summed E-state index contributed by atoms with van der Waals surface area (Å²) < 4.78 is 3.85. The third-order valence-corrected chi connectivity index (χ3v) is 4.61. The third kappa shape index (κ3) is 3.86. The van der Waals surface area contributed by atoms with E-state index in [-0.39, 0.29) is 5.91 Å². The first-order valence-corrected chi connectivity index (χ1v) is 9.13. The van der Waals surface area contributed by atoms with Gasteiger partial charge in [-0.15, -0.1) is 0 Å². The Balaban J connectivity index is 1.48. The molecule has 28 heavy (non-hydrogen) atoms. The van der Waals surface area contributed by atoms with Gasteiger partial charge in [0, 0.05) is 36.9 Å². The molecule has 1 amide bonds. The number of para-hydroxylation sites is 1. The van der Waals surface area contributed by atoms with E-state index in [4.69, 9.17) is 0 Å². The topological polar surface area (TPSA) is 64.7 Å². The van der Waals surface area contributed by atoms with Crippen molar-refractivity contribution in [3.05, 3.63) is 102 Å². The second-order valence-electron chi connectivity index (χ2n) is 6.56. The van der Waals surface area contributed by atoms with Crippen molar-refractivity contribution < 1.29 is 4.79 Å². The number of amides is 1. The van der Waals surface area contributed by atoms with Crippen LogP contribution in [0, 0.1) is 6.92 Å². The van der Waals surface area contributed by atoms with Gasteiger partial charge in [0.15, 0.2) is 0 Å². The molecule has 0 spiro atoms. The Labute approximate surface area is 163 Å². The maximum absolute atomic E-state index is 12.7. The van der Waals surface area contributed by atoms with Gasteiger partial charge in [0.2, 0.25) is 0 Å². The Bertz CT molecular complexity index is 1080. The first kappa shape index (κ1) is 17.7. The molecular formula is C22H21N5O. The molecule has 2 aromatic carbocycles. The first-order chi connectivity index (χ1) is 13.7. The van der Waals surface area contributed by atoms with Crippen LogP contribution in [0.5, 0.6) is 0 Å². The summed E-state index contributed by atoms with van der Waals surface area (Å²) in [6, 6.07) is 17.5. The van der Waals surface area contributed by atoms with Crippen LogP contribution in [0.4, 0.5) is 0 Å². The smallest absolute Gasteiger partial charge is 0.251 e. The minimum Gasteiger partial charge on any atom is -0.348 e. The van der Waals surface area contributed by atoms with Gasteiger partial charge in [-0.25, -0.2) is 4.98 Å². The average Bonchev–Trinajstić information content (AvgIpc) is 3.38. The maximum Gasteiger partial charge on any atom is 0.251 e. The first-order valence-electron chi connectivity index (χ1n) is 9.13. The summed E-state index contributed by atoms with van der Waals surface area (Å²) in [4.78, 5) is 17.0. The van der Waals surface area contributed by atoms with E-state index in [0.29, 0.717) is 18.7 Å². The van der Waals surface area contributed by atoms with Crippen LogP contribution < -0.4 is 5.32 Å². The highest BCUT2D eigenvalue weighted by Gasteiger charge is 2.10. The average molecular weight is 371 g/mol. The second kappa shape index (κ2) is 7.92. The maximum atomic E-state index is 12.7. The SMILES string of the molecule is Cc1nccn1-c1ccccc1CNC(=O)c1cccc(Cn2cccn2)c1. The van der Waals surface area contributed by atoms with Gasteiger partial charge in [-0.3, -0.25) is 9.48 Å². The largest absolute Gasteiger partial charge is 0.348 e. The lowest BCUT2D eigenvalue weighted by Gasteiger charge is -2.13. The molecule has 0 aliphatic heterocycles. The standard InChI is InChI=1S/C22H21N5O/c1-17-23-11-13-27(17)21-9-3-2-7-20(21)15-24-22(28)19-8-4-6-18(14-19)16-26-12-5-10-25-26/h2-14H,15-16H2,1H3,(H,24,28). The number of nitrogens with one attached hydrogen (secondary N) is 1. The molecule has 4 rings (SSSR count). The highest BCUT2D eigenvalue weighted by Crippen LogP contribution is 2.16. The Kier molecular flexibility index (Phi) is 5.01. The number of aromatic nitrogens is 4. The molecule has 0 unspecified atom stereocenters. The number of imidazole rings is 1. The Morgan fingerprint density at radius 1 is 1.04 bits per heavy atom. The van der Waals surface area contributed by atoms with Crippen LogP contribution in [0.3, 0.4) is 0 Å². The monoisotopic (exact) mass is 371 g/mol. The molecule has 0 atom stereocenters. The summed E-state index contributed by atoms with van der Waals surface area (Å²) in [5.74, 6) is 0.810. The predicted octanol–water partition coefficient (Wildman–Crippen LogP) is 3.36. The molecule has 0 radical (unpaired) electrons. The molecule has 0 aliphatic rings. The Morgan fingerprint density at radius 2 is 1.93 bits per heavy atom. The van der Waals surface area contributed by atoms with Gasteiger partial charge in [0.1, 0.15) is 5.82 Å². The molecule has 0 saturated heterocycles. The molecule has 140 valence electrons. The molecular weight excluding hydrogens is 350 g/mol. The molecule has 4 aromatic rings. The van der Waals surface area contributed by atoms with Gasteiger partial charge < -0.3 is 9.88 Å². The zero-order valence-electron chi connectivity index (χ0n) is 15.6. The number of aryl methyl sites for hydroxylation is 1. The number of hydrogen-bond donors (Lipinski definition) is 1. The lowest BCUT2D eigenvalue weighted by atomic mass is 10.1. The summed E-state index contributed by atoms with van der Waals surface area (Å²) in [7, 11) is 0. The molecule has 2 aromatic heterocycles. The van der Waals surface area contributed by atoms with Crippen molar-refractivity contribution in [3.8, 4) is 5.69 Å². The summed E-state index contributed by atoms with van der Waals surface area (Å²) in [5.41, 5.74) is 3.72. The molecule has 0 saturated carbocycles. The number of carbonyl (C=O) groups is 1. The molecule has 6 heteroatoms. The van der Waals surface area contributed by atoms with E-state index in [1.165, 1.54) is 0 Å². The van der Waals surface area contributed by atoms with Crippen molar-refractivity contribution in [1.82, 2.24) is 24.6 Å². The molecule has 0 fully saturated rings. The predicted molar refractivity (Wildman–Crippen MR) is 107 cm³/mol. The fraction of sp³-hybridized carbons (Fsp3) is 0.136. The van der Waals surface area contributed by atoms with Crippen LogP contribution in [-0.4, -0.2) is 25.2 Å². The van der Waals surface area contributed by atoms with Gasteiger partial charge in [0.25, 0.3) is 5.91 Å². The van der Waals surface area contributed by atoms with Gasteiger partial charge >= 0.3 is 0 Å². The minimum atomic E-state index is -0.0977. The molecule has 0 aliphatic carbocycles. The molecule has 2 heterocycles. The number of benzene rings is 2. The van der Waals surface area contributed by atoms with E-state index in [1.807, 2.05) is 83.2 Å². The van der Waals surface area contributed by atoms with E-state index in [2.05, 4.69) is 15.4 Å². The van der Waals surface area contributed by atoms with Crippen LogP contribution in [0.1, 0.15) is 27.3 Å². The van der Waals surface area contributed by atoms with Crippen molar-refractivity contribution in [2.24, 2.45) is 0 Å². The quantitative estimate of drug-likeness (QED) is 0.565. The lowest BCUT2D eigenvalue weighted by Crippen LogP contribution is -2.23. The van der Waals surface area contributed by atoms with Crippen LogP contribution in [0.15, 0.2) is 79.4 Å². The van der Waals surface area contributed by atoms with Crippen molar-refractivity contribution in [3.63, 3.8) is 0 Å². The van der Waals surface area contributed by atoms with Crippen LogP contribution in [0.2, 0.25) is 0 Å². The van der Waals surface area contributed by atoms with Crippen LogP contribution in [-0.2, 0) is 13.1 Å². The van der Waals surface area contributed by atoms with E-state index in [1.54, 1.807) is 12.4 Å². The lowest BCUT2D eigenvalue weighted by molar-refractivity contribution is 0.0951. The van der Waals surface area contributed by atoms with Gasteiger partial charge in [-0.2, -0.15) is 5.10 Å². The van der Waals surface area contributed by atoms with Crippen LogP contribution in [0.25, 0.3) is 5.69 Å². The minimum absolute atomic E-state index is 0.0977. The van der Waals surface area contributed by atoms with Crippen molar-refractivity contribution in [2.45, 2.75) is 20.0 Å². The fourth-order valence-corrected chi connectivity index (χ4v) is 3.20. The molecule has 1 N–H and O–H groups in total. The normalized spacial score (nSPS) is 10.8. The summed E-state index contributed by atoms with van der Waals surface area (Å²) in [5, 5.41) is 7.24. The number of rotatable bonds is 6. The third-order valence-electron chi connectivity index (χ3n) is 4.61. The number of carbonyl (C=O) groups excluding carboxylic acids is 1. The van der Waals surface area contributed by atoms with E-state index < -0.39 is 0 Å². The van der Waals surface area contributed by atoms with Crippen molar-refractivity contribution in [1.29, 1.82) is 0 Å². The second-order valence-corrected chi connectivity index (χ2v) is 6.56. The summed E-state index contributed by atoms with van der Waals surface area (Å²) in [6.07, 6.45) is 7.35. The van der Waals surface area contributed by atoms with Crippen LogP contribution >= 0.6 is 0 Å². The van der Waals surface area contributed by atoms with Gasteiger partial charge in [-0.1, -0.05) is 30.3 Å². The summed E-state index contributed by atoms with van der Waals surface area (Å²) in [6.45, 7) is 3.04. The summed E-state index contributed by atoms with van der Waals surface area (Å²) >= 11 is 0. The van der Waals surface area contributed by atoms with Crippen molar-refractivity contribution in [2.75, 3.05) is 0 Å². The molecule has 0 bridgehead atoms. The van der Waals surface area contributed by atoms with Gasteiger partial charge in [0.05, 0.1) is 12.2 Å². The van der Waals surface area contributed by atoms with Crippen molar-refractivity contribution >= 4 is 5.91 Å².